The van der Waals surface area contributed by atoms with Gasteiger partial charge in [-0.2, -0.15) is 5.10 Å². The Morgan fingerprint density at radius 1 is 1.17 bits per heavy atom. The van der Waals surface area contributed by atoms with E-state index in [1.54, 1.807) is 30.0 Å². The summed E-state index contributed by atoms with van der Waals surface area (Å²) in [6.07, 6.45) is 3.64. The van der Waals surface area contributed by atoms with E-state index in [-0.39, 0.29) is 23.7 Å². The number of aromatic nitrogens is 2. The van der Waals surface area contributed by atoms with Crippen molar-refractivity contribution in [3.05, 3.63) is 47.5 Å². The van der Waals surface area contributed by atoms with Gasteiger partial charge >= 0.3 is 0 Å². The first-order chi connectivity index (χ1) is 14.0. The van der Waals surface area contributed by atoms with Gasteiger partial charge in [-0.1, -0.05) is 12.1 Å². The van der Waals surface area contributed by atoms with Crippen LogP contribution in [0.4, 0.5) is 4.39 Å². The molecule has 1 aliphatic carbocycles. The van der Waals surface area contributed by atoms with Crippen molar-refractivity contribution in [3.63, 3.8) is 0 Å². The maximum Gasteiger partial charge on any atom is 0.257 e. The molecule has 4 rings (SSSR count). The fourth-order valence-corrected chi connectivity index (χ4v) is 3.68. The van der Waals surface area contributed by atoms with Gasteiger partial charge < -0.3 is 10.2 Å². The number of carbonyl (C=O) groups is 2. The number of halogens is 1. The van der Waals surface area contributed by atoms with Crippen molar-refractivity contribution < 1.29 is 14.0 Å². The Balaban J connectivity index is 1.40. The third-order valence-corrected chi connectivity index (χ3v) is 5.77. The molecule has 2 aliphatic rings. The average molecular weight is 399 g/mol. The van der Waals surface area contributed by atoms with Crippen LogP contribution >= 0.6 is 0 Å². The number of piperazine rings is 1. The number of rotatable bonds is 5. The molecule has 1 aromatic carbocycles. The second-order valence-corrected chi connectivity index (χ2v) is 7.79. The van der Waals surface area contributed by atoms with Crippen molar-refractivity contribution in [2.45, 2.75) is 38.8 Å². The molecule has 1 aliphatic heterocycles. The topological polar surface area (TPSA) is 70.5 Å². The molecule has 1 N–H and O–H groups in total. The van der Waals surface area contributed by atoms with Gasteiger partial charge in [-0.3, -0.25) is 14.5 Å². The van der Waals surface area contributed by atoms with Gasteiger partial charge in [-0.15, -0.1) is 0 Å². The number of nitrogens with one attached hydrogen (secondary N) is 1. The van der Waals surface area contributed by atoms with E-state index >= 15 is 0 Å². The average Bonchev–Trinajstić information content (AvgIpc) is 3.47. The monoisotopic (exact) mass is 399 g/mol. The van der Waals surface area contributed by atoms with Crippen molar-refractivity contribution >= 4 is 11.8 Å². The van der Waals surface area contributed by atoms with E-state index in [4.69, 9.17) is 0 Å². The number of hydrogen-bond acceptors (Lipinski definition) is 4. The van der Waals surface area contributed by atoms with Gasteiger partial charge in [0.05, 0.1) is 23.5 Å². The van der Waals surface area contributed by atoms with Crippen LogP contribution in [0.2, 0.25) is 0 Å². The van der Waals surface area contributed by atoms with Gasteiger partial charge in [0.15, 0.2) is 0 Å². The number of nitrogens with zero attached hydrogens (tertiary/aromatic N) is 4. The maximum atomic E-state index is 14.1. The molecular formula is C21H26FN5O2. The molecule has 8 heteroatoms. The summed E-state index contributed by atoms with van der Waals surface area (Å²) >= 11 is 0. The first-order valence-corrected chi connectivity index (χ1v) is 10.1. The summed E-state index contributed by atoms with van der Waals surface area (Å²) in [6.45, 7) is 6.07. The first-order valence-electron chi connectivity index (χ1n) is 10.1. The van der Waals surface area contributed by atoms with Gasteiger partial charge in [-0.05, 0) is 38.8 Å². The molecule has 1 saturated carbocycles. The molecule has 2 heterocycles. The Morgan fingerprint density at radius 2 is 1.86 bits per heavy atom. The molecule has 2 fully saturated rings. The fourth-order valence-electron chi connectivity index (χ4n) is 3.68. The second kappa shape index (κ2) is 7.94. The Labute approximate surface area is 169 Å². The van der Waals surface area contributed by atoms with E-state index < -0.39 is 0 Å². The molecular weight excluding hydrogens is 373 g/mol. The lowest BCUT2D eigenvalue weighted by Crippen LogP contribution is -2.55. The standard InChI is InChI=1S/C21H26FN5O2/c1-14-17(13-23-27(14)19-6-4-3-5-18(19)22)21(29)26-11-9-25(10-12-26)15(2)20(28)24-16-7-8-16/h3-6,13,15-16H,7-12H2,1-2H3,(H,24,28). The molecule has 7 nitrogen and oxygen atoms in total. The summed E-state index contributed by atoms with van der Waals surface area (Å²) in [7, 11) is 0. The Hall–Kier alpha value is -2.74. The summed E-state index contributed by atoms with van der Waals surface area (Å²) in [5.41, 5.74) is 1.41. The fraction of sp³-hybridized carbons (Fsp3) is 0.476. The first kappa shape index (κ1) is 19.6. The van der Waals surface area contributed by atoms with Crippen LogP contribution in [-0.2, 0) is 4.79 Å². The van der Waals surface area contributed by atoms with Crippen molar-refractivity contribution in [1.29, 1.82) is 0 Å². The highest BCUT2D eigenvalue weighted by Gasteiger charge is 2.31. The van der Waals surface area contributed by atoms with Gasteiger partial charge in [0.2, 0.25) is 5.91 Å². The molecule has 154 valence electrons. The molecule has 1 saturated heterocycles. The Bertz CT molecular complexity index is 916. The summed E-state index contributed by atoms with van der Waals surface area (Å²) in [6, 6.07) is 6.52. The highest BCUT2D eigenvalue weighted by atomic mass is 19.1. The number of benzene rings is 1. The molecule has 2 aromatic rings. The Morgan fingerprint density at radius 3 is 2.52 bits per heavy atom. The molecule has 0 spiro atoms. The maximum absolute atomic E-state index is 14.1. The predicted octanol–water partition coefficient (Wildman–Crippen LogP) is 1.74. The zero-order valence-corrected chi connectivity index (χ0v) is 16.8. The summed E-state index contributed by atoms with van der Waals surface area (Å²) in [5, 5.41) is 7.27. The van der Waals surface area contributed by atoms with E-state index in [1.807, 2.05) is 6.92 Å². The van der Waals surface area contributed by atoms with Crippen LogP contribution in [0.3, 0.4) is 0 Å². The van der Waals surface area contributed by atoms with Crippen molar-refractivity contribution in [2.75, 3.05) is 26.2 Å². The predicted molar refractivity (Wildman–Crippen MR) is 106 cm³/mol. The molecule has 1 aromatic heterocycles. The van der Waals surface area contributed by atoms with Gasteiger partial charge in [-0.25, -0.2) is 9.07 Å². The number of amides is 2. The van der Waals surface area contributed by atoms with Gasteiger partial charge in [0.25, 0.3) is 5.91 Å². The zero-order valence-electron chi connectivity index (χ0n) is 16.8. The van der Waals surface area contributed by atoms with Crippen LogP contribution in [0.25, 0.3) is 5.69 Å². The van der Waals surface area contributed by atoms with Crippen LogP contribution in [0.15, 0.2) is 30.5 Å². The minimum Gasteiger partial charge on any atom is -0.352 e. The van der Waals surface area contributed by atoms with Crippen molar-refractivity contribution in [1.82, 2.24) is 24.9 Å². The summed E-state index contributed by atoms with van der Waals surface area (Å²) in [4.78, 5) is 29.1. The molecule has 1 unspecified atom stereocenters. The van der Waals surface area contributed by atoms with Gasteiger partial charge in [0, 0.05) is 32.2 Å². The minimum atomic E-state index is -0.384. The third kappa shape index (κ3) is 4.03. The summed E-state index contributed by atoms with van der Waals surface area (Å²) in [5.74, 6) is -0.432. The van der Waals surface area contributed by atoms with Crippen molar-refractivity contribution in [2.24, 2.45) is 0 Å². The molecule has 1 atom stereocenters. The van der Waals surface area contributed by atoms with Crippen molar-refractivity contribution in [3.8, 4) is 5.69 Å². The van der Waals surface area contributed by atoms with E-state index in [9.17, 15) is 14.0 Å². The van der Waals surface area contributed by atoms with Crippen LogP contribution in [0.5, 0.6) is 0 Å². The molecule has 29 heavy (non-hydrogen) atoms. The van der Waals surface area contributed by atoms with E-state index in [0.29, 0.717) is 49.2 Å². The lowest BCUT2D eigenvalue weighted by molar-refractivity contribution is -0.126. The molecule has 0 radical (unpaired) electrons. The lowest BCUT2D eigenvalue weighted by atomic mass is 10.1. The SMILES string of the molecule is Cc1c(C(=O)N2CCN(C(C)C(=O)NC3CC3)CC2)cnn1-c1ccccc1F. The van der Waals surface area contributed by atoms with Crippen LogP contribution in [0.1, 0.15) is 35.8 Å². The van der Waals surface area contributed by atoms with E-state index in [2.05, 4.69) is 15.3 Å². The van der Waals surface area contributed by atoms with Gasteiger partial charge in [0.1, 0.15) is 11.5 Å². The number of hydrogen-bond donors (Lipinski definition) is 1. The normalized spacial score (nSPS) is 18.5. The largest absolute Gasteiger partial charge is 0.352 e. The Kier molecular flexibility index (Phi) is 5.36. The number of carbonyl (C=O) groups excluding carboxylic acids is 2. The highest BCUT2D eigenvalue weighted by Crippen LogP contribution is 2.21. The third-order valence-electron chi connectivity index (χ3n) is 5.77. The lowest BCUT2D eigenvalue weighted by Gasteiger charge is -2.37. The van der Waals surface area contributed by atoms with E-state index in [1.165, 1.54) is 16.9 Å². The summed E-state index contributed by atoms with van der Waals surface area (Å²) < 4.78 is 15.6. The quantitative estimate of drug-likeness (QED) is 0.832. The highest BCUT2D eigenvalue weighted by molar-refractivity contribution is 5.95. The zero-order chi connectivity index (χ0) is 20.5. The van der Waals surface area contributed by atoms with Crippen LogP contribution in [0, 0.1) is 12.7 Å². The van der Waals surface area contributed by atoms with Crippen LogP contribution in [-0.4, -0.2) is 69.7 Å². The number of para-hydroxylation sites is 1. The minimum absolute atomic E-state index is 0.0642. The van der Waals surface area contributed by atoms with Crippen LogP contribution < -0.4 is 5.32 Å². The molecule has 2 amide bonds. The second-order valence-electron chi connectivity index (χ2n) is 7.79. The molecule has 0 bridgehead atoms. The van der Waals surface area contributed by atoms with E-state index in [0.717, 1.165) is 12.8 Å². The smallest absolute Gasteiger partial charge is 0.257 e.